The highest BCUT2D eigenvalue weighted by atomic mass is 32.1. The lowest BCUT2D eigenvalue weighted by Gasteiger charge is -2.04. The molecule has 0 aliphatic carbocycles. The number of aliphatic hydroxyl groups is 1. The Hall–Kier alpha value is -1.59. The Morgan fingerprint density at radius 3 is 3.00 bits per heavy atom. The summed E-state index contributed by atoms with van der Waals surface area (Å²) in [5.74, 6) is 0.462. The van der Waals surface area contributed by atoms with Crippen molar-refractivity contribution >= 4 is 17.2 Å². The maximum absolute atomic E-state index is 10.8. The normalized spacial score (nSPS) is 12.4. The van der Waals surface area contributed by atoms with Crippen molar-refractivity contribution in [3.05, 3.63) is 46.0 Å². The van der Waals surface area contributed by atoms with Crippen LogP contribution in [0, 0.1) is 0 Å². The second-order valence-corrected chi connectivity index (χ2v) is 4.83. The van der Waals surface area contributed by atoms with Crippen LogP contribution in [-0.2, 0) is 11.3 Å². The molecule has 0 aromatic carbocycles. The number of furan rings is 1. The lowest BCUT2D eigenvalue weighted by Crippen LogP contribution is -2.18. The summed E-state index contributed by atoms with van der Waals surface area (Å²) >= 11 is 1.46. The fraction of sp³-hybridized carbons (Fsp3) is 0.250. The van der Waals surface area contributed by atoms with Crippen LogP contribution in [0.5, 0.6) is 0 Å². The first-order valence-corrected chi connectivity index (χ1v) is 6.03. The molecular weight excluding hydrogens is 238 g/mol. The van der Waals surface area contributed by atoms with E-state index in [-0.39, 0.29) is 5.91 Å². The molecule has 2 aromatic heterocycles. The Morgan fingerprint density at radius 2 is 2.35 bits per heavy atom. The summed E-state index contributed by atoms with van der Waals surface area (Å²) in [6, 6.07) is 7.21. The van der Waals surface area contributed by atoms with E-state index in [4.69, 9.17) is 4.42 Å². The van der Waals surface area contributed by atoms with Crippen molar-refractivity contribution < 1.29 is 14.3 Å². The highest BCUT2D eigenvalue weighted by molar-refractivity contribution is 7.12. The van der Waals surface area contributed by atoms with E-state index in [0.29, 0.717) is 12.3 Å². The van der Waals surface area contributed by atoms with Crippen molar-refractivity contribution in [2.75, 3.05) is 0 Å². The third-order valence-electron chi connectivity index (χ3n) is 2.28. The molecule has 0 bridgehead atoms. The molecule has 0 saturated carbocycles. The molecular formula is C12H13NO3S. The highest BCUT2D eigenvalue weighted by Gasteiger charge is 2.15. The third kappa shape index (κ3) is 2.95. The fourth-order valence-electron chi connectivity index (χ4n) is 1.44. The monoisotopic (exact) mass is 251 g/mol. The lowest BCUT2D eigenvalue weighted by molar-refractivity contribution is -0.119. The molecule has 0 spiro atoms. The zero-order valence-corrected chi connectivity index (χ0v) is 10.2. The van der Waals surface area contributed by atoms with Crippen molar-refractivity contribution in [1.29, 1.82) is 0 Å². The lowest BCUT2D eigenvalue weighted by atomic mass is 10.2. The number of nitrogens with one attached hydrogen (secondary N) is 1. The van der Waals surface area contributed by atoms with Crippen LogP contribution < -0.4 is 5.32 Å². The first-order valence-electron chi connectivity index (χ1n) is 5.21. The molecule has 4 nitrogen and oxygen atoms in total. The maximum atomic E-state index is 10.8. The van der Waals surface area contributed by atoms with Gasteiger partial charge in [0.2, 0.25) is 5.91 Å². The summed E-state index contributed by atoms with van der Waals surface area (Å²) in [4.78, 5) is 12.6. The summed E-state index contributed by atoms with van der Waals surface area (Å²) in [5.41, 5.74) is 0. The van der Waals surface area contributed by atoms with Crippen LogP contribution in [0.1, 0.15) is 28.5 Å². The van der Waals surface area contributed by atoms with E-state index in [9.17, 15) is 9.90 Å². The zero-order chi connectivity index (χ0) is 12.3. The number of rotatable bonds is 4. The van der Waals surface area contributed by atoms with E-state index >= 15 is 0 Å². The molecule has 0 aliphatic heterocycles. The van der Waals surface area contributed by atoms with Gasteiger partial charge in [0.1, 0.15) is 11.9 Å². The summed E-state index contributed by atoms with van der Waals surface area (Å²) < 4.78 is 5.14. The van der Waals surface area contributed by atoms with Gasteiger partial charge in [0.25, 0.3) is 0 Å². The molecule has 1 unspecified atom stereocenters. The van der Waals surface area contributed by atoms with Crippen LogP contribution >= 0.6 is 11.3 Å². The first-order chi connectivity index (χ1) is 8.16. The number of thiophene rings is 1. The largest absolute Gasteiger partial charge is 0.466 e. The van der Waals surface area contributed by atoms with E-state index in [1.54, 1.807) is 12.1 Å². The minimum Gasteiger partial charge on any atom is -0.466 e. The molecule has 2 aromatic rings. The van der Waals surface area contributed by atoms with Crippen molar-refractivity contribution in [3.63, 3.8) is 0 Å². The predicted molar refractivity (Wildman–Crippen MR) is 64.6 cm³/mol. The number of hydrogen-bond acceptors (Lipinski definition) is 4. The second-order valence-electron chi connectivity index (χ2n) is 3.63. The smallest absolute Gasteiger partial charge is 0.217 e. The van der Waals surface area contributed by atoms with Crippen molar-refractivity contribution in [2.24, 2.45) is 0 Å². The topological polar surface area (TPSA) is 62.5 Å². The molecule has 2 N–H and O–H groups in total. The first kappa shape index (κ1) is 11.9. The van der Waals surface area contributed by atoms with Gasteiger partial charge in [-0.1, -0.05) is 0 Å². The molecule has 0 aliphatic rings. The van der Waals surface area contributed by atoms with Gasteiger partial charge in [0.05, 0.1) is 12.8 Å². The average molecular weight is 251 g/mol. The second kappa shape index (κ2) is 5.16. The fourth-order valence-corrected chi connectivity index (χ4v) is 2.38. The van der Waals surface area contributed by atoms with Crippen LogP contribution in [0.2, 0.25) is 0 Å². The standard InChI is InChI=1S/C12H13NO3S/c1-8(14)13-7-9-4-5-11(17-9)12(15)10-3-2-6-16-10/h2-6,12,15H,7H2,1H3,(H,13,14). The Labute approximate surface area is 103 Å². The molecule has 2 heterocycles. The van der Waals surface area contributed by atoms with Gasteiger partial charge in [-0.3, -0.25) is 4.79 Å². The molecule has 0 saturated heterocycles. The maximum Gasteiger partial charge on any atom is 0.217 e. The molecule has 17 heavy (non-hydrogen) atoms. The van der Waals surface area contributed by atoms with Crippen molar-refractivity contribution in [3.8, 4) is 0 Å². The van der Waals surface area contributed by atoms with E-state index in [1.165, 1.54) is 24.5 Å². The minimum atomic E-state index is -0.735. The molecule has 2 rings (SSSR count). The molecule has 5 heteroatoms. The molecule has 1 amide bonds. The van der Waals surface area contributed by atoms with Crippen LogP contribution in [0.3, 0.4) is 0 Å². The van der Waals surface area contributed by atoms with Gasteiger partial charge in [0.15, 0.2) is 0 Å². The number of carbonyl (C=O) groups is 1. The Morgan fingerprint density at radius 1 is 1.53 bits per heavy atom. The van der Waals surface area contributed by atoms with Gasteiger partial charge < -0.3 is 14.8 Å². The SMILES string of the molecule is CC(=O)NCc1ccc(C(O)c2ccco2)s1. The van der Waals surface area contributed by atoms with Crippen molar-refractivity contribution in [2.45, 2.75) is 19.6 Å². The van der Waals surface area contributed by atoms with Crippen molar-refractivity contribution in [1.82, 2.24) is 5.32 Å². The number of amides is 1. The van der Waals surface area contributed by atoms with Gasteiger partial charge in [-0.15, -0.1) is 11.3 Å². The molecule has 0 fully saturated rings. The van der Waals surface area contributed by atoms with Crippen LogP contribution in [0.25, 0.3) is 0 Å². The Bertz CT molecular complexity index is 490. The van der Waals surface area contributed by atoms with E-state index in [1.807, 2.05) is 12.1 Å². The Balaban J connectivity index is 2.05. The van der Waals surface area contributed by atoms with Gasteiger partial charge in [-0.05, 0) is 24.3 Å². The van der Waals surface area contributed by atoms with Gasteiger partial charge >= 0.3 is 0 Å². The average Bonchev–Trinajstić information content (AvgIpc) is 2.97. The molecule has 0 radical (unpaired) electrons. The highest BCUT2D eigenvalue weighted by Crippen LogP contribution is 2.28. The van der Waals surface area contributed by atoms with E-state index in [2.05, 4.69) is 5.32 Å². The minimum absolute atomic E-state index is 0.0634. The summed E-state index contributed by atoms with van der Waals surface area (Å²) in [7, 11) is 0. The summed E-state index contributed by atoms with van der Waals surface area (Å²) in [6.07, 6.45) is 0.797. The number of hydrogen-bond donors (Lipinski definition) is 2. The predicted octanol–water partition coefficient (Wildman–Crippen LogP) is 2.06. The van der Waals surface area contributed by atoms with Crippen LogP contribution in [0.4, 0.5) is 0 Å². The number of aliphatic hydroxyl groups excluding tert-OH is 1. The van der Waals surface area contributed by atoms with Crippen LogP contribution in [0.15, 0.2) is 34.9 Å². The summed E-state index contributed by atoms with van der Waals surface area (Å²) in [6.45, 7) is 1.97. The zero-order valence-electron chi connectivity index (χ0n) is 9.34. The van der Waals surface area contributed by atoms with Crippen LogP contribution in [-0.4, -0.2) is 11.0 Å². The Kier molecular flexibility index (Phi) is 3.61. The van der Waals surface area contributed by atoms with Gasteiger partial charge in [-0.2, -0.15) is 0 Å². The summed E-state index contributed by atoms with van der Waals surface area (Å²) in [5, 5.41) is 12.7. The van der Waals surface area contributed by atoms with E-state index in [0.717, 1.165) is 9.75 Å². The van der Waals surface area contributed by atoms with Gasteiger partial charge in [0, 0.05) is 16.7 Å². The molecule has 90 valence electrons. The molecule has 1 atom stereocenters. The quantitative estimate of drug-likeness (QED) is 0.874. The van der Waals surface area contributed by atoms with E-state index < -0.39 is 6.10 Å². The van der Waals surface area contributed by atoms with Gasteiger partial charge in [-0.25, -0.2) is 0 Å². The number of carbonyl (C=O) groups excluding carboxylic acids is 1. The third-order valence-corrected chi connectivity index (χ3v) is 3.41.